The van der Waals surface area contributed by atoms with Gasteiger partial charge in [0.2, 0.25) is 5.91 Å². The molecule has 2 unspecified atom stereocenters. The Hall–Kier alpha value is -0.980. The molecule has 1 rings (SSSR count). The number of carboxylic acids is 1. The Morgan fingerprint density at radius 1 is 1.45 bits per heavy atom. The lowest BCUT2D eigenvalue weighted by Crippen LogP contribution is -2.45. The average molecular weight is 340 g/mol. The van der Waals surface area contributed by atoms with Crippen LogP contribution in [0.1, 0.15) is 6.92 Å². The first-order valence-corrected chi connectivity index (χ1v) is 7.19. The minimum absolute atomic E-state index is 0.430. The minimum Gasteiger partial charge on any atom is -0.480 e. The molecule has 1 aromatic rings. The first kappa shape index (κ1) is 17.1. The molecule has 0 aliphatic heterocycles. The number of hydrogen-bond donors (Lipinski definition) is 2. The molecule has 2 atom stereocenters. The summed E-state index contributed by atoms with van der Waals surface area (Å²) >= 11 is 12.9. The van der Waals surface area contributed by atoms with E-state index in [1.807, 2.05) is 0 Å². The Bertz CT molecular complexity index is 515. The van der Waals surface area contributed by atoms with Crippen LogP contribution in [0.4, 0.5) is 4.39 Å². The summed E-state index contributed by atoms with van der Waals surface area (Å²) in [4.78, 5) is 23.0. The molecular weight excluding hydrogens is 328 g/mol. The van der Waals surface area contributed by atoms with E-state index in [9.17, 15) is 14.0 Å². The molecule has 0 fully saturated rings. The summed E-state index contributed by atoms with van der Waals surface area (Å²) in [6, 6.07) is 3.27. The lowest BCUT2D eigenvalue weighted by molar-refractivity contribution is -0.142. The van der Waals surface area contributed by atoms with Crippen LogP contribution in [0.25, 0.3) is 0 Å². The van der Waals surface area contributed by atoms with Gasteiger partial charge in [-0.25, -0.2) is 9.18 Å². The number of rotatable bonds is 6. The van der Waals surface area contributed by atoms with Crippen molar-refractivity contribution in [2.75, 3.05) is 6.67 Å². The number of carbonyl (C=O) groups is 2. The van der Waals surface area contributed by atoms with Gasteiger partial charge in [-0.05, 0) is 25.1 Å². The first-order valence-electron chi connectivity index (χ1n) is 5.56. The molecule has 20 heavy (non-hydrogen) atoms. The van der Waals surface area contributed by atoms with Crippen molar-refractivity contribution in [3.63, 3.8) is 0 Å². The molecule has 4 nitrogen and oxygen atoms in total. The highest BCUT2D eigenvalue weighted by Gasteiger charge is 2.23. The van der Waals surface area contributed by atoms with Gasteiger partial charge < -0.3 is 10.4 Å². The van der Waals surface area contributed by atoms with Gasteiger partial charge in [-0.1, -0.05) is 23.2 Å². The van der Waals surface area contributed by atoms with Crippen LogP contribution >= 0.6 is 35.0 Å². The van der Waals surface area contributed by atoms with Crippen molar-refractivity contribution in [3.05, 3.63) is 28.2 Å². The standard InChI is InChI=1S/C12H12Cl2FNO3S/c1-6(11(17)16-9(5-15)12(18)19)20-10-4-7(13)2-3-8(10)14/h2-4,6,9H,5H2,1H3,(H,16,17)(H,18,19). The van der Waals surface area contributed by atoms with Crippen LogP contribution in [-0.2, 0) is 9.59 Å². The predicted octanol–water partition coefficient (Wildman–Crippen LogP) is 3.01. The van der Waals surface area contributed by atoms with E-state index in [0.29, 0.717) is 14.9 Å². The van der Waals surface area contributed by atoms with Gasteiger partial charge in [-0.2, -0.15) is 0 Å². The summed E-state index contributed by atoms with van der Waals surface area (Å²) in [5.41, 5.74) is 0. The van der Waals surface area contributed by atoms with Gasteiger partial charge in [0.05, 0.1) is 10.3 Å². The molecule has 0 heterocycles. The molecule has 0 saturated carbocycles. The molecule has 0 bridgehead atoms. The molecule has 0 spiro atoms. The zero-order chi connectivity index (χ0) is 15.3. The monoisotopic (exact) mass is 339 g/mol. The topological polar surface area (TPSA) is 66.4 Å². The second kappa shape index (κ2) is 7.71. The summed E-state index contributed by atoms with van der Waals surface area (Å²) in [7, 11) is 0. The second-order valence-corrected chi connectivity index (χ2v) is 6.11. The Morgan fingerprint density at radius 2 is 2.10 bits per heavy atom. The number of nitrogens with one attached hydrogen (secondary N) is 1. The quantitative estimate of drug-likeness (QED) is 0.782. The van der Waals surface area contributed by atoms with Crippen molar-refractivity contribution in [1.29, 1.82) is 0 Å². The van der Waals surface area contributed by atoms with E-state index in [1.54, 1.807) is 25.1 Å². The average Bonchev–Trinajstić information content (AvgIpc) is 2.39. The van der Waals surface area contributed by atoms with Gasteiger partial charge in [-0.15, -0.1) is 11.8 Å². The SMILES string of the molecule is CC(Sc1cc(Cl)ccc1Cl)C(=O)NC(CF)C(=O)O. The highest BCUT2D eigenvalue weighted by atomic mass is 35.5. The van der Waals surface area contributed by atoms with Gasteiger partial charge >= 0.3 is 5.97 Å². The highest BCUT2D eigenvalue weighted by Crippen LogP contribution is 2.32. The lowest BCUT2D eigenvalue weighted by atomic mass is 10.3. The number of aliphatic carboxylic acids is 1. The van der Waals surface area contributed by atoms with Gasteiger partial charge in [0.1, 0.15) is 6.67 Å². The van der Waals surface area contributed by atoms with Gasteiger partial charge in [0.25, 0.3) is 0 Å². The van der Waals surface area contributed by atoms with Crippen molar-refractivity contribution in [3.8, 4) is 0 Å². The Balaban J connectivity index is 2.70. The maximum absolute atomic E-state index is 12.4. The van der Waals surface area contributed by atoms with Crippen LogP contribution in [0.15, 0.2) is 23.1 Å². The van der Waals surface area contributed by atoms with Gasteiger partial charge in [-0.3, -0.25) is 4.79 Å². The molecule has 110 valence electrons. The summed E-state index contributed by atoms with van der Waals surface area (Å²) in [6.07, 6.45) is 0. The zero-order valence-electron chi connectivity index (χ0n) is 10.4. The normalized spacial score (nSPS) is 13.6. The molecule has 8 heteroatoms. The number of carboxylic acid groups (broad SMARTS) is 1. The number of thioether (sulfide) groups is 1. The molecule has 1 aromatic carbocycles. The number of halogens is 3. The molecule has 0 aromatic heterocycles. The third-order valence-electron chi connectivity index (χ3n) is 2.34. The van der Waals surface area contributed by atoms with Crippen molar-refractivity contribution >= 4 is 46.8 Å². The van der Waals surface area contributed by atoms with Crippen LogP contribution in [-0.4, -0.2) is 34.9 Å². The van der Waals surface area contributed by atoms with Crippen LogP contribution in [0.2, 0.25) is 10.0 Å². The molecule has 0 saturated heterocycles. The third-order valence-corrected chi connectivity index (χ3v) is 4.17. The Labute approximate surface area is 129 Å². The van der Waals surface area contributed by atoms with E-state index < -0.39 is 29.8 Å². The Kier molecular flexibility index (Phi) is 6.58. The Morgan fingerprint density at radius 3 is 2.65 bits per heavy atom. The first-order chi connectivity index (χ1) is 9.35. The predicted molar refractivity (Wildman–Crippen MR) is 77.3 cm³/mol. The fourth-order valence-electron chi connectivity index (χ4n) is 1.27. The summed E-state index contributed by atoms with van der Waals surface area (Å²) in [6.45, 7) is 0.394. The smallest absolute Gasteiger partial charge is 0.328 e. The van der Waals surface area contributed by atoms with Crippen LogP contribution < -0.4 is 5.32 Å². The van der Waals surface area contributed by atoms with Crippen LogP contribution in [0, 0.1) is 0 Å². The molecule has 0 aliphatic carbocycles. The molecule has 1 amide bonds. The fourth-order valence-corrected chi connectivity index (χ4v) is 2.69. The minimum atomic E-state index is -1.54. The number of amides is 1. The van der Waals surface area contributed by atoms with Crippen molar-refractivity contribution in [2.24, 2.45) is 0 Å². The van der Waals surface area contributed by atoms with E-state index in [4.69, 9.17) is 28.3 Å². The van der Waals surface area contributed by atoms with Crippen LogP contribution in [0.3, 0.4) is 0 Å². The van der Waals surface area contributed by atoms with Gasteiger partial charge in [0, 0.05) is 9.92 Å². The molecule has 2 N–H and O–H groups in total. The van der Waals surface area contributed by atoms with Gasteiger partial charge in [0.15, 0.2) is 6.04 Å². The molecule has 0 radical (unpaired) electrons. The number of carbonyl (C=O) groups excluding carboxylic acids is 1. The number of hydrogen-bond acceptors (Lipinski definition) is 3. The van der Waals surface area contributed by atoms with E-state index in [-0.39, 0.29) is 0 Å². The van der Waals surface area contributed by atoms with E-state index in [0.717, 1.165) is 11.8 Å². The number of benzene rings is 1. The van der Waals surface area contributed by atoms with E-state index >= 15 is 0 Å². The maximum Gasteiger partial charge on any atom is 0.328 e. The van der Waals surface area contributed by atoms with Crippen molar-refractivity contribution in [2.45, 2.75) is 23.1 Å². The number of alkyl halides is 1. The third kappa shape index (κ3) is 4.85. The zero-order valence-corrected chi connectivity index (χ0v) is 12.7. The second-order valence-electron chi connectivity index (χ2n) is 3.89. The molecule has 0 aliphatic rings. The fraction of sp³-hybridized carbons (Fsp3) is 0.333. The summed E-state index contributed by atoms with van der Waals surface area (Å²) in [5, 5.41) is 11.0. The maximum atomic E-state index is 12.4. The van der Waals surface area contributed by atoms with E-state index in [1.165, 1.54) is 0 Å². The summed E-state index contributed by atoms with van der Waals surface area (Å²) in [5.74, 6) is -2.00. The molecular formula is C12H12Cl2FNO3S. The summed E-state index contributed by atoms with van der Waals surface area (Å²) < 4.78 is 12.4. The van der Waals surface area contributed by atoms with E-state index in [2.05, 4.69) is 5.32 Å². The van der Waals surface area contributed by atoms with Crippen molar-refractivity contribution in [1.82, 2.24) is 5.32 Å². The van der Waals surface area contributed by atoms with Crippen LogP contribution in [0.5, 0.6) is 0 Å². The van der Waals surface area contributed by atoms with Crippen molar-refractivity contribution < 1.29 is 19.1 Å². The highest BCUT2D eigenvalue weighted by molar-refractivity contribution is 8.00. The lowest BCUT2D eigenvalue weighted by Gasteiger charge is -2.16. The largest absolute Gasteiger partial charge is 0.480 e.